The standard InChI is InChI=1S/C13H13NO/c1-9-5-6-11(10(2)8-9)13(15)12-4-3-7-14-12/h3-8,14H,1-2H3. The van der Waals surface area contributed by atoms with Crippen molar-refractivity contribution in [3.63, 3.8) is 0 Å². The van der Waals surface area contributed by atoms with Crippen molar-refractivity contribution in [2.24, 2.45) is 0 Å². The van der Waals surface area contributed by atoms with Crippen LogP contribution in [-0.4, -0.2) is 10.8 Å². The zero-order chi connectivity index (χ0) is 10.8. The SMILES string of the molecule is Cc1ccc(C(=O)c2ccc[nH]2)c(C)c1. The van der Waals surface area contributed by atoms with E-state index in [1.807, 2.05) is 38.1 Å². The largest absolute Gasteiger partial charge is 0.359 e. The maximum atomic E-state index is 12.0. The first-order valence-electron chi connectivity index (χ1n) is 4.94. The lowest BCUT2D eigenvalue weighted by Crippen LogP contribution is -2.04. The Hall–Kier alpha value is -1.83. The fourth-order valence-corrected chi connectivity index (χ4v) is 1.69. The first kappa shape index (κ1) is 9.71. The van der Waals surface area contributed by atoms with Gasteiger partial charge in [0.2, 0.25) is 5.78 Å². The number of H-pyrrole nitrogens is 1. The topological polar surface area (TPSA) is 32.9 Å². The van der Waals surface area contributed by atoms with Gasteiger partial charge in [0, 0.05) is 11.8 Å². The van der Waals surface area contributed by atoms with E-state index in [0.717, 1.165) is 11.1 Å². The predicted molar refractivity (Wildman–Crippen MR) is 60.1 cm³/mol. The van der Waals surface area contributed by atoms with Crippen molar-refractivity contribution in [2.45, 2.75) is 13.8 Å². The molecule has 0 spiro atoms. The molecule has 1 N–H and O–H groups in total. The zero-order valence-electron chi connectivity index (χ0n) is 8.87. The molecule has 2 nitrogen and oxygen atoms in total. The van der Waals surface area contributed by atoms with Crippen LogP contribution in [0.5, 0.6) is 0 Å². The van der Waals surface area contributed by atoms with Gasteiger partial charge in [-0.15, -0.1) is 0 Å². The summed E-state index contributed by atoms with van der Waals surface area (Å²) < 4.78 is 0. The van der Waals surface area contributed by atoms with Gasteiger partial charge in [0.15, 0.2) is 0 Å². The monoisotopic (exact) mass is 199 g/mol. The minimum atomic E-state index is 0.0532. The third-order valence-electron chi connectivity index (χ3n) is 2.47. The van der Waals surface area contributed by atoms with Crippen LogP contribution in [0.3, 0.4) is 0 Å². The summed E-state index contributed by atoms with van der Waals surface area (Å²) in [6, 6.07) is 9.49. The molecule has 76 valence electrons. The van der Waals surface area contributed by atoms with E-state index in [9.17, 15) is 4.79 Å². The summed E-state index contributed by atoms with van der Waals surface area (Å²) >= 11 is 0. The second kappa shape index (κ2) is 3.73. The van der Waals surface area contributed by atoms with Crippen LogP contribution >= 0.6 is 0 Å². The number of hydrogen-bond donors (Lipinski definition) is 1. The molecular formula is C13H13NO. The van der Waals surface area contributed by atoms with Gasteiger partial charge in [-0.05, 0) is 31.5 Å². The van der Waals surface area contributed by atoms with Crippen molar-refractivity contribution in [1.82, 2.24) is 4.98 Å². The highest BCUT2D eigenvalue weighted by Gasteiger charge is 2.11. The third kappa shape index (κ3) is 1.84. The van der Waals surface area contributed by atoms with E-state index in [0.29, 0.717) is 5.69 Å². The van der Waals surface area contributed by atoms with Gasteiger partial charge in [0.25, 0.3) is 0 Å². The summed E-state index contributed by atoms with van der Waals surface area (Å²) in [5.74, 6) is 0.0532. The second-order valence-electron chi connectivity index (χ2n) is 3.73. The summed E-state index contributed by atoms with van der Waals surface area (Å²) in [5, 5.41) is 0. The molecule has 15 heavy (non-hydrogen) atoms. The van der Waals surface area contributed by atoms with Crippen molar-refractivity contribution in [2.75, 3.05) is 0 Å². The Kier molecular flexibility index (Phi) is 2.42. The maximum absolute atomic E-state index is 12.0. The van der Waals surface area contributed by atoms with Crippen molar-refractivity contribution in [3.8, 4) is 0 Å². The van der Waals surface area contributed by atoms with Crippen LogP contribution in [0.15, 0.2) is 36.5 Å². The highest BCUT2D eigenvalue weighted by atomic mass is 16.1. The highest BCUT2D eigenvalue weighted by molar-refractivity contribution is 6.08. The van der Waals surface area contributed by atoms with Gasteiger partial charge in [0.05, 0.1) is 5.69 Å². The molecule has 2 aromatic rings. The molecule has 0 atom stereocenters. The summed E-state index contributed by atoms with van der Waals surface area (Å²) in [7, 11) is 0. The van der Waals surface area contributed by atoms with Crippen LogP contribution in [0.1, 0.15) is 27.2 Å². The lowest BCUT2D eigenvalue weighted by atomic mass is 10.0. The molecule has 2 rings (SSSR count). The van der Waals surface area contributed by atoms with E-state index in [1.165, 1.54) is 5.56 Å². The van der Waals surface area contributed by atoms with Crippen LogP contribution in [0.25, 0.3) is 0 Å². The molecule has 0 aliphatic carbocycles. The van der Waals surface area contributed by atoms with Gasteiger partial charge in [-0.25, -0.2) is 0 Å². The first-order valence-corrected chi connectivity index (χ1v) is 4.94. The van der Waals surface area contributed by atoms with E-state index in [1.54, 1.807) is 12.3 Å². The molecule has 1 aromatic heterocycles. The minimum Gasteiger partial charge on any atom is -0.359 e. The number of ketones is 1. The summed E-state index contributed by atoms with van der Waals surface area (Å²) in [5.41, 5.74) is 3.61. The van der Waals surface area contributed by atoms with E-state index in [4.69, 9.17) is 0 Å². The average molecular weight is 199 g/mol. The number of carbonyl (C=O) groups excluding carboxylic acids is 1. The Morgan fingerprint density at radius 3 is 2.60 bits per heavy atom. The Morgan fingerprint density at radius 1 is 1.20 bits per heavy atom. The molecule has 0 amide bonds. The van der Waals surface area contributed by atoms with Gasteiger partial charge < -0.3 is 4.98 Å². The van der Waals surface area contributed by atoms with Gasteiger partial charge >= 0.3 is 0 Å². The maximum Gasteiger partial charge on any atom is 0.209 e. The second-order valence-corrected chi connectivity index (χ2v) is 3.73. The Balaban J connectivity index is 2.42. The molecule has 1 aromatic carbocycles. The van der Waals surface area contributed by atoms with Crippen LogP contribution in [0.4, 0.5) is 0 Å². The fraction of sp³-hybridized carbons (Fsp3) is 0.154. The van der Waals surface area contributed by atoms with E-state index < -0.39 is 0 Å². The molecule has 1 heterocycles. The first-order chi connectivity index (χ1) is 7.18. The summed E-state index contributed by atoms with van der Waals surface area (Å²) in [6.45, 7) is 3.99. The number of aryl methyl sites for hydroxylation is 2. The summed E-state index contributed by atoms with van der Waals surface area (Å²) in [4.78, 5) is 14.9. The number of aromatic amines is 1. The number of benzene rings is 1. The normalized spacial score (nSPS) is 10.3. The fourth-order valence-electron chi connectivity index (χ4n) is 1.69. The van der Waals surface area contributed by atoms with Crippen LogP contribution in [-0.2, 0) is 0 Å². The van der Waals surface area contributed by atoms with Crippen molar-refractivity contribution >= 4 is 5.78 Å². The Morgan fingerprint density at radius 2 is 2.00 bits per heavy atom. The molecule has 0 saturated heterocycles. The molecule has 0 saturated carbocycles. The molecule has 0 radical (unpaired) electrons. The number of rotatable bonds is 2. The van der Waals surface area contributed by atoms with Gasteiger partial charge in [-0.1, -0.05) is 23.8 Å². The van der Waals surface area contributed by atoms with Crippen molar-refractivity contribution < 1.29 is 4.79 Å². The van der Waals surface area contributed by atoms with E-state index in [2.05, 4.69) is 4.98 Å². The van der Waals surface area contributed by atoms with Crippen molar-refractivity contribution in [1.29, 1.82) is 0 Å². The smallest absolute Gasteiger partial charge is 0.209 e. The zero-order valence-corrected chi connectivity index (χ0v) is 8.87. The van der Waals surface area contributed by atoms with Gasteiger partial charge in [-0.3, -0.25) is 4.79 Å². The molecular weight excluding hydrogens is 186 g/mol. The molecule has 0 unspecified atom stereocenters. The average Bonchev–Trinajstić information content (AvgIpc) is 2.69. The number of aromatic nitrogens is 1. The highest BCUT2D eigenvalue weighted by Crippen LogP contribution is 2.14. The molecule has 0 aliphatic heterocycles. The van der Waals surface area contributed by atoms with Crippen LogP contribution in [0.2, 0.25) is 0 Å². The predicted octanol–water partition coefficient (Wildman–Crippen LogP) is 2.86. The van der Waals surface area contributed by atoms with E-state index >= 15 is 0 Å². The van der Waals surface area contributed by atoms with Gasteiger partial charge in [-0.2, -0.15) is 0 Å². The van der Waals surface area contributed by atoms with Crippen LogP contribution in [0, 0.1) is 13.8 Å². The molecule has 0 fully saturated rings. The number of carbonyl (C=O) groups is 1. The quantitative estimate of drug-likeness (QED) is 0.741. The molecule has 0 aliphatic rings. The molecule has 0 bridgehead atoms. The minimum absolute atomic E-state index is 0.0532. The van der Waals surface area contributed by atoms with E-state index in [-0.39, 0.29) is 5.78 Å². The summed E-state index contributed by atoms with van der Waals surface area (Å²) in [6.07, 6.45) is 1.76. The number of hydrogen-bond acceptors (Lipinski definition) is 1. The molecule has 2 heteroatoms. The van der Waals surface area contributed by atoms with Crippen molar-refractivity contribution in [3.05, 3.63) is 58.9 Å². The Bertz CT molecular complexity index is 483. The lowest BCUT2D eigenvalue weighted by Gasteiger charge is -2.04. The van der Waals surface area contributed by atoms with Gasteiger partial charge in [0.1, 0.15) is 0 Å². The van der Waals surface area contributed by atoms with Crippen LogP contribution < -0.4 is 0 Å². The number of nitrogens with one attached hydrogen (secondary N) is 1. The Labute approximate surface area is 89.0 Å². The lowest BCUT2D eigenvalue weighted by molar-refractivity contribution is 0.103. The third-order valence-corrected chi connectivity index (χ3v) is 2.47.